The van der Waals surface area contributed by atoms with E-state index in [0.717, 1.165) is 34.2 Å². The molecule has 182 valence electrons. The molecule has 7 nitrogen and oxygen atoms in total. The van der Waals surface area contributed by atoms with E-state index >= 15 is 0 Å². The van der Waals surface area contributed by atoms with Gasteiger partial charge in [0.2, 0.25) is 0 Å². The van der Waals surface area contributed by atoms with Gasteiger partial charge in [-0.1, -0.05) is 17.9 Å². The number of pyridine rings is 1. The number of nitrogens with one attached hydrogen (secondary N) is 2. The maximum absolute atomic E-state index is 13.5. The Bertz CT molecular complexity index is 1470. The summed E-state index contributed by atoms with van der Waals surface area (Å²) in [5.41, 5.74) is 3.88. The van der Waals surface area contributed by atoms with Gasteiger partial charge in [-0.3, -0.25) is 14.6 Å². The Morgan fingerprint density at radius 1 is 1.11 bits per heavy atom. The predicted octanol–water partition coefficient (Wildman–Crippen LogP) is 3.08. The Kier molecular flexibility index (Phi) is 7.35. The number of aryl methyl sites for hydroxylation is 1. The van der Waals surface area contributed by atoms with Gasteiger partial charge in [-0.05, 0) is 48.4 Å². The van der Waals surface area contributed by atoms with Crippen LogP contribution in [0.1, 0.15) is 27.0 Å². The van der Waals surface area contributed by atoms with Crippen LogP contribution >= 0.6 is 0 Å². The molecule has 3 aromatic rings. The molecule has 0 saturated heterocycles. The van der Waals surface area contributed by atoms with Crippen molar-refractivity contribution in [2.75, 3.05) is 20.1 Å². The highest BCUT2D eigenvalue weighted by Crippen LogP contribution is 2.21. The van der Waals surface area contributed by atoms with Gasteiger partial charge in [0.15, 0.2) is 11.6 Å². The number of rotatable bonds is 5. The first-order chi connectivity index (χ1) is 17.4. The van der Waals surface area contributed by atoms with Crippen LogP contribution in [0, 0.1) is 30.4 Å². The minimum absolute atomic E-state index is 0.122. The number of benzene rings is 2. The fraction of sp³-hybridized carbons (Fsp3) is 0.185. The second kappa shape index (κ2) is 10.8. The van der Waals surface area contributed by atoms with Crippen LogP contribution in [0.2, 0.25) is 0 Å². The van der Waals surface area contributed by atoms with Gasteiger partial charge in [-0.2, -0.15) is 0 Å². The molecule has 0 radical (unpaired) electrons. The third kappa shape index (κ3) is 5.55. The quantitative estimate of drug-likeness (QED) is 0.542. The number of hydrogen-bond acceptors (Lipinski definition) is 5. The highest BCUT2D eigenvalue weighted by molar-refractivity contribution is 5.98. The minimum atomic E-state index is -0.918. The molecule has 0 aliphatic carbocycles. The monoisotopic (exact) mass is 487 g/mol. The van der Waals surface area contributed by atoms with Gasteiger partial charge in [0.05, 0.1) is 36.1 Å². The van der Waals surface area contributed by atoms with Crippen LogP contribution in [-0.4, -0.2) is 48.2 Å². The summed E-state index contributed by atoms with van der Waals surface area (Å²) in [5.74, 6) is 3.66. The Balaban J connectivity index is 1.37. The zero-order valence-electron chi connectivity index (χ0n) is 19.7. The topological polar surface area (TPSA) is 86.7 Å². The van der Waals surface area contributed by atoms with Gasteiger partial charge >= 0.3 is 0 Å². The largest absolute Gasteiger partial charge is 0.355 e. The van der Waals surface area contributed by atoms with Crippen molar-refractivity contribution in [1.29, 1.82) is 0 Å². The average Bonchev–Trinajstić information content (AvgIpc) is 2.89. The third-order valence-corrected chi connectivity index (χ3v) is 5.68. The van der Waals surface area contributed by atoms with Gasteiger partial charge in [-0.25, -0.2) is 13.8 Å². The third-order valence-electron chi connectivity index (χ3n) is 5.68. The summed E-state index contributed by atoms with van der Waals surface area (Å²) in [5, 5.41) is 6.17. The van der Waals surface area contributed by atoms with E-state index in [2.05, 4.69) is 32.5 Å². The number of nitrogens with zero attached hydrogens (tertiary/aromatic N) is 3. The smallest absolute Gasteiger partial charge is 0.252 e. The Hall–Kier alpha value is -4.58. The van der Waals surface area contributed by atoms with Crippen LogP contribution in [0.3, 0.4) is 0 Å². The molecule has 0 unspecified atom stereocenters. The Morgan fingerprint density at radius 3 is 2.72 bits per heavy atom. The van der Waals surface area contributed by atoms with Crippen LogP contribution in [0.15, 0.2) is 59.4 Å². The molecule has 4 rings (SSSR count). The highest BCUT2D eigenvalue weighted by atomic mass is 19.2. The van der Waals surface area contributed by atoms with Gasteiger partial charge in [-0.15, -0.1) is 0 Å². The number of fused-ring (bicyclic) bond motifs is 1. The molecule has 9 heteroatoms. The summed E-state index contributed by atoms with van der Waals surface area (Å²) in [6.45, 7) is 2.58. The molecule has 2 heterocycles. The number of halogens is 2. The predicted molar refractivity (Wildman–Crippen MR) is 133 cm³/mol. The van der Waals surface area contributed by atoms with Crippen molar-refractivity contribution >= 4 is 29.1 Å². The summed E-state index contributed by atoms with van der Waals surface area (Å²) in [4.78, 5) is 34.7. The number of carbonyl (C=O) groups is 2. The van der Waals surface area contributed by atoms with Crippen molar-refractivity contribution in [2.24, 2.45) is 4.99 Å². The second-order valence-electron chi connectivity index (χ2n) is 8.16. The molecular weight excluding hydrogens is 464 g/mol. The van der Waals surface area contributed by atoms with Gasteiger partial charge in [0.1, 0.15) is 0 Å². The molecule has 1 aliphatic rings. The van der Waals surface area contributed by atoms with Gasteiger partial charge in [0, 0.05) is 36.9 Å². The number of carbonyl (C=O) groups excluding carboxylic acids is 2. The van der Waals surface area contributed by atoms with Crippen molar-refractivity contribution < 1.29 is 18.4 Å². The van der Waals surface area contributed by atoms with Crippen LogP contribution in [-0.2, 0) is 11.3 Å². The summed E-state index contributed by atoms with van der Waals surface area (Å²) in [7, 11) is 1.56. The first-order valence-corrected chi connectivity index (χ1v) is 11.1. The summed E-state index contributed by atoms with van der Waals surface area (Å²) >= 11 is 0. The number of amides is 2. The fourth-order valence-corrected chi connectivity index (χ4v) is 3.74. The number of aromatic nitrogens is 1. The molecule has 2 amide bonds. The van der Waals surface area contributed by atoms with Crippen molar-refractivity contribution in [3.63, 3.8) is 0 Å². The molecule has 0 saturated carbocycles. The first-order valence-electron chi connectivity index (χ1n) is 11.1. The fourth-order valence-electron chi connectivity index (χ4n) is 3.74. The zero-order chi connectivity index (χ0) is 25.7. The van der Waals surface area contributed by atoms with E-state index in [1.807, 2.05) is 19.1 Å². The van der Waals surface area contributed by atoms with Crippen LogP contribution in [0.5, 0.6) is 0 Å². The lowest BCUT2D eigenvalue weighted by atomic mass is 10.0. The molecule has 0 spiro atoms. The van der Waals surface area contributed by atoms with E-state index < -0.39 is 11.6 Å². The number of hydrogen-bond donors (Lipinski definition) is 2. The lowest BCUT2D eigenvalue weighted by Crippen LogP contribution is -2.34. The van der Waals surface area contributed by atoms with Crippen molar-refractivity contribution in [3.05, 3.63) is 88.3 Å². The van der Waals surface area contributed by atoms with Crippen molar-refractivity contribution in [3.8, 4) is 11.8 Å². The lowest BCUT2D eigenvalue weighted by molar-refractivity contribution is -0.117. The van der Waals surface area contributed by atoms with Crippen LogP contribution in [0.25, 0.3) is 10.9 Å². The number of aliphatic imine (C=N–C) groups is 1. The van der Waals surface area contributed by atoms with Crippen molar-refractivity contribution in [2.45, 2.75) is 13.5 Å². The van der Waals surface area contributed by atoms with Gasteiger partial charge < -0.3 is 15.5 Å². The molecule has 0 atom stereocenters. The van der Waals surface area contributed by atoms with E-state index in [-0.39, 0.29) is 31.4 Å². The van der Waals surface area contributed by atoms with Crippen LogP contribution < -0.4 is 10.6 Å². The zero-order valence-corrected chi connectivity index (χ0v) is 19.7. The molecular formula is C27H23F2N5O2. The summed E-state index contributed by atoms with van der Waals surface area (Å²) in [6, 6.07) is 9.16. The summed E-state index contributed by atoms with van der Waals surface area (Å²) < 4.78 is 26.6. The summed E-state index contributed by atoms with van der Waals surface area (Å²) in [6.07, 6.45) is 4.55. The Labute approximate surface area is 206 Å². The van der Waals surface area contributed by atoms with E-state index in [9.17, 15) is 18.4 Å². The molecule has 0 fully saturated rings. The average molecular weight is 488 g/mol. The molecule has 36 heavy (non-hydrogen) atoms. The molecule has 2 aromatic carbocycles. The second-order valence-corrected chi connectivity index (χ2v) is 8.16. The highest BCUT2D eigenvalue weighted by Gasteiger charge is 2.16. The molecule has 1 aromatic heterocycles. The van der Waals surface area contributed by atoms with Gasteiger partial charge in [0.25, 0.3) is 11.8 Å². The molecule has 0 bridgehead atoms. The maximum atomic E-state index is 13.5. The Morgan fingerprint density at radius 2 is 1.94 bits per heavy atom. The van der Waals surface area contributed by atoms with E-state index in [1.165, 1.54) is 18.5 Å². The normalized spacial score (nSPS) is 12.6. The minimum Gasteiger partial charge on any atom is -0.355 e. The van der Waals surface area contributed by atoms with Crippen molar-refractivity contribution in [1.82, 2.24) is 20.5 Å². The SMILES string of the molecule is CNC(=O)c1cnc2ccc(C#CCNC(=O)C3=CN=CN(Cc4ccc(F)c(F)c4)C3)c(C)c2c1. The van der Waals surface area contributed by atoms with Crippen LogP contribution in [0.4, 0.5) is 8.78 Å². The van der Waals surface area contributed by atoms with E-state index in [1.54, 1.807) is 24.4 Å². The molecule has 1 aliphatic heterocycles. The van der Waals surface area contributed by atoms with E-state index in [0.29, 0.717) is 16.7 Å². The lowest BCUT2D eigenvalue weighted by Gasteiger charge is -2.23. The maximum Gasteiger partial charge on any atom is 0.252 e. The standard InChI is InChI=1S/C27H23F2N5O2/c1-17-19(6-8-25-22(17)11-20(13-33-25)26(35)30-2)4-3-9-32-27(36)21-12-31-16-34(15-21)14-18-5-7-23(28)24(29)10-18/h5-8,10-13,16H,9,14-15H2,1-2H3,(H,30,35)(H,32,36). The molecule has 2 N–H and O–H groups in total. The first kappa shape index (κ1) is 24.5. The van der Waals surface area contributed by atoms with E-state index in [4.69, 9.17) is 0 Å².